The van der Waals surface area contributed by atoms with Crippen LogP contribution < -0.4 is 20.5 Å². The fourth-order valence-electron chi connectivity index (χ4n) is 4.69. The Morgan fingerprint density at radius 2 is 1.86 bits per heavy atom. The number of amides is 1. The van der Waals surface area contributed by atoms with Gasteiger partial charge in [-0.3, -0.25) is 4.79 Å². The fraction of sp³-hybridized carbons (Fsp3) is 0.667. The highest BCUT2D eigenvalue weighted by Crippen LogP contribution is 2.43. The van der Waals surface area contributed by atoms with E-state index >= 15 is 0 Å². The van der Waals surface area contributed by atoms with Crippen LogP contribution in [0.2, 0.25) is 0 Å². The summed E-state index contributed by atoms with van der Waals surface area (Å²) < 4.78 is 16.4. The number of nitrogens with two attached hydrogens (primary N) is 1. The highest BCUT2D eigenvalue weighted by atomic mass is 35.5. The Labute approximate surface area is 172 Å². The molecule has 1 aliphatic carbocycles. The standard InChI is InChI=1S/C21H30N2O4.ClH/c22-19(15-6-10-25-11-7-15)20(24)23-13-21(8-2-1-3-9-21)16-4-5-17-18(12-16)27-14-26-17;/h4-5,12,15,19H,1-3,6-11,13-14,22H2,(H,23,24);1H. The molecule has 2 aliphatic heterocycles. The molecule has 1 atom stereocenters. The second-order valence-corrected chi connectivity index (χ2v) is 8.10. The lowest BCUT2D eigenvalue weighted by Crippen LogP contribution is -2.51. The number of nitrogens with one attached hydrogen (secondary N) is 1. The first-order valence-electron chi connectivity index (χ1n) is 10.2. The van der Waals surface area contributed by atoms with Crippen molar-refractivity contribution < 1.29 is 19.0 Å². The van der Waals surface area contributed by atoms with Crippen molar-refractivity contribution in [1.29, 1.82) is 0 Å². The van der Waals surface area contributed by atoms with Crippen molar-refractivity contribution in [3.63, 3.8) is 0 Å². The molecule has 1 aromatic carbocycles. The number of ether oxygens (including phenoxy) is 3. The Morgan fingerprint density at radius 3 is 2.61 bits per heavy atom. The zero-order chi connectivity index (χ0) is 18.7. The van der Waals surface area contributed by atoms with Crippen LogP contribution in [-0.4, -0.2) is 38.5 Å². The van der Waals surface area contributed by atoms with Gasteiger partial charge in [0.05, 0.1) is 6.04 Å². The monoisotopic (exact) mass is 410 g/mol. The van der Waals surface area contributed by atoms with E-state index in [4.69, 9.17) is 19.9 Å². The molecule has 4 rings (SSSR count). The van der Waals surface area contributed by atoms with E-state index in [0.29, 0.717) is 19.8 Å². The van der Waals surface area contributed by atoms with Crippen LogP contribution in [0.1, 0.15) is 50.5 Å². The number of hydrogen-bond acceptors (Lipinski definition) is 5. The van der Waals surface area contributed by atoms with E-state index in [1.54, 1.807) is 0 Å². The lowest BCUT2D eigenvalue weighted by Gasteiger charge is -2.38. The molecule has 28 heavy (non-hydrogen) atoms. The largest absolute Gasteiger partial charge is 0.454 e. The highest BCUT2D eigenvalue weighted by molar-refractivity contribution is 5.85. The van der Waals surface area contributed by atoms with Gasteiger partial charge in [-0.25, -0.2) is 0 Å². The van der Waals surface area contributed by atoms with Crippen molar-refractivity contribution in [3.05, 3.63) is 23.8 Å². The van der Waals surface area contributed by atoms with Crippen molar-refractivity contribution in [1.82, 2.24) is 5.32 Å². The fourth-order valence-corrected chi connectivity index (χ4v) is 4.69. The molecule has 156 valence electrons. The van der Waals surface area contributed by atoms with Crippen LogP contribution in [0.5, 0.6) is 11.5 Å². The quantitative estimate of drug-likeness (QED) is 0.779. The molecule has 1 saturated carbocycles. The molecule has 2 heterocycles. The summed E-state index contributed by atoms with van der Waals surface area (Å²) in [6.45, 7) is 2.31. The van der Waals surface area contributed by atoms with Crippen molar-refractivity contribution in [2.24, 2.45) is 11.7 Å². The molecule has 1 aromatic rings. The maximum atomic E-state index is 12.7. The van der Waals surface area contributed by atoms with E-state index < -0.39 is 6.04 Å². The van der Waals surface area contributed by atoms with Gasteiger partial charge < -0.3 is 25.3 Å². The second kappa shape index (κ2) is 9.33. The van der Waals surface area contributed by atoms with E-state index in [-0.39, 0.29) is 36.4 Å². The Hall–Kier alpha value is -1.50. The van der Waals surface area contributed by atoms with Gasteiger partial charge in [0.2, 0.25) is 12.7 Å². The summed E-state index contributed by atoms with van der Waals surface area (Å²) in [6.07, 6.45) is 7.47. The molecule has 0 spiro atoms. The maximum Gasteiger partial charge on any atom is 0.237 e. The molecule has 3 N–H and O–H groups in total. The summed E-state index contributed by atoms with van der Waals surface area (Å²) in [4.78, 5) is 12.7. The predicted octanol–water partition coefficient (Wildman–Crippen LogP) is 2.91. The van der Waals surface area contributed by atoms with Crippen LogP contribution in [-0.2, 0) is 14.9 Å². The van der Waals surface area contributed by atoms with Gasteiger partial charge in [-0.1, -0.05) is 25.3 Å². The number of hydrogen-bond donors (Lipinski definition) is 2. The van der Waals surface area contributed by atoms with E-state index in [1.807, 2.05) is 6.07 Å². The normalized spacial score (nSPS) is 22.2. The van der Waals surface area contributed by atoms with Gasteiger partial charge in [0.15, 0.2) is 11.5 Å². The maximum absolute atomic E-state index is 12.7. The Balaban J connectivity index is 0.00000225. The first kappa shape index (κ1) is 21.2. The highest BCUT2D eigenvalue weighted by Gasteiger charge is 2.36. The van der Waals surface area contributed by atoms with Crippen LogP contribution in [0.3, 0.4) is 0 Å². The molecule has 7 heteroatoms. The number of carbonyl (C=O) groups excluding carboxylic acids is 1. The molecule has 6 nitrogen and oxygen atoms in total. The predicted molar refractivity (Wildman–Crippen MR) is 109 cm³/mol. The van der Waals surface area contributed by atoms with Crippen molar-refractivity contribution in [2.75, 3.05) is 26.6 Å². The van der Waals surface area contributed by atoms with Gasteiger partial charge in [-0.2, -0.15) is 0 Å². The molecule has 0 radical (unpaired) electrons. The summed E-state index contributed by atoms with van der Waals surface area (Å²) in [6, 6.07) is 5.76. The van der Waals surface area contributed by atoms with Crippen LogP contribution >= 0.6 is 12.4 Å². The van der Waals surface area contributed by atoms with Crippen LogP contribution in [0.15, 0.2) is 18.2 Å². The third kappa shape index (κ3) is 4.39. The first-order chi connectivity index (χ1) is 13.2. The number of benzene rings is 1. The van der Waals surface area contributed by atoms with Crippen LogP contribution in [0.25, 0.3) is 0 Å². The molecule has 0 aromatic heterocycles. The first-order valence-corrected chi connectivity index (χ1v) is 10.2. The lowest BCUT2D eigenvalue weighted by molar-refractivity contribution is -0.124. The van der Waals surface area contributed by atoms with Crippen LogP contribution in [0.4, 0.5) is 0 Å². The summed E-state index contributed by atoms with van der Waals surface area (Å²) in [5.41, 5.74) is 7.44. The second-order valence-electron chi connectivity index (χ2n) is 8.10. The summed E-state index contributed by atoms with van der Waals surface area (Å²) >= 11 is 0. The van der Waals surface area contributed by atoms with Gasteiger partial charge in [0, 0.05) is 25.2 Å². The molecule has 1 saturated heterocycles. The Bertz CT molecular complexity index is 672. The average Bonchev–Trinajstić information content (AvgIpc) is 3.21. The molecule has 1 unspecified atom stereocenters. The number of halogens is 1. The van der Waals surface area contributed by atoms with Gasteiger partial charge in [-0.15, -0.1) is 12.4 Å². The minimum Gasteiger partial charge on any atom is -0.454 e. The molecule has 0 bridgehead atoms. The molecule has 1 amide bonds. The van der Waals surface area contributed by atoms with E-state index in [2.05, 4.69) is 17.4 Å². The van der Waals surface area contributed by atoms with Crippen LogP contribution in [0, 0.1) is 5.92 Å². The van der Waals surface area contributed by atoms with Gasteiger partial charge in [-0.05, 0) is 49.3 Å². The van der Waals surface area contributed by atoms with E-state index in [9.17, 15) is 4.79 Å². The third-order valence-electron chi connectivity index (χ3n) is 6.47. The van der Waals surface area contributed by atoms with Gasteiger partial charge in [0.25, 0.3) is 0 Å². The van der Waals surface area contributed by atoms with Gasteiger partial charge in [0.1, 0.15) is 0 Å². The number of rotatable bonds is 5. The molecule has 3 aliphatic rings. The minimum absolute atomic E-state index is 0. The van der Waals surface area contributed by atoms with E-state index in [0.717, 1.165) is 37.2 Å². The summed E-state index contributed by atoms with van der Waals surface area (Å²) in [7, 11) is 0. The SMILES string of the molecule is Cl.NC(C(=O)NCC1(c2ccc3c(c2)OCO3)CCCCC1)C1CCOCC1. The lowest BCUT2D eigenvalue weighted by atomic mass is 9.69. The Kier molecular flexibility index (Phi) is 7.07. The third-order valence-corrected chi connectivity index (χ3v) is 6.47. The Morgan fingerprint density at radius 1 is 1.14 bits per heavy atom. The smallest absolute Gasteiger partial charge is 0.237 e. The van der Waals surface area contributed by atoms with Gasteiger partial charge >= 0.3 is 0 Å². The summed E-state index contributed by atoms with van der Waals surface area (Å²) in [5.74, 6) is 1.79. The molecular weight excluding hydrogens is 380 g/mol. The molecule has 2 fully saturated rings. The summed E-state index contributed by atoms with van der Waals surface area (Å²) in [5, 5.41) is 3.18. The minimum atomic E-state index is -0.453. The zero-order valence-electron chi connectivity index (χ0n) is 16.3. The van der Waals surface area contributed by atoms with Crippen molar-refractivity contribution in [3.8, 4) is 11.5 Å². The topological polar surface area (TPSA) is 82.8 Å². The molecular formula is C21H31ClN2O4. The van der Waals surface area contributed by atoms with Crippen molar-refractivity contribution in [2.45, 2.75) is 56.4 Å². The number of fused-ring (bicyclic) bond motifs is 1. The number of carbonyl (C=O) groups is 1. The average molecular weight is 411 g/mol. The van der Waals surface area contributed by atoms with E-state index in [1.165, 1.54) is 24.8 Å². The van der Waals surface area contributed by atoms with Crippen molar-refractivity contribution >= 4 is 18.3 Å². The zero-order valence-corrected chi connectivity index (χ0v) is 17.1.